The van der Waals surface area contributed by atoms with Gasteiger partial charge in [-0.2, -0.15) is 0 Å². The van der Waals surface area contributed by atoms with E-state index in [2.05, 4.69) is 45.9 Å². The van der Waals surface area contributed by atoms with Crippen LogP contribution < -0.4 is 0 Å². The predicted molar refractivity (Wildman–Crippen MR) is 116 cm³/mol. The fourth-order valence-corrected chi connectivity index (χ4v) is 3.66. The zero-order valence-corrected chi connectivity index (χ0v) is 18.7. The Kier molecular flexibility index (Phi) is 10.1. The standard InChI is InChI=1S/C25H42O2/c1-21-22(14-9-7-11-18-24(2,3)4)16-13-17-23(21)15-10-8-12-19-25(5,6)27-20-26/h13,16-17,20H,7-12,14-15,18-19H2,1-6H3. The maximum atomic E-state index is 10.5. The third-order valence-electron chi connectivity index (χ3n) is 5.52. The molecule has 0 saturated heterocycles. The third-order valence-corrected chi connectivity index (χ3v) is 5.52. The molecule has 1 rings (SSSR count). The van der Waals surface area contributed by atoms with E-state index in [-0.39, 0.29) is 5.60 Å². The van der Waals surface area contributed by atoms with Crippen molar-refractivity contribution in [2.45, 2.75) is 111 Å². The van der Waals surface area contributed by atoms with Gasteiger partial charge in [-0.05, 0) is 87.8 Å². The Morgan fingerprint density at radius 2 is 1.33 bits per heavy atom. The zero-order chi connectivity index (χ0) is 20.3. The maximum Gasteiger partial charge on any atom is 0.293 e. The monoisotopic (exact) mass is 374 g/mol. The van der Waals surface area contributed by atoms with E-state index in [0.717, 1.165) is 19.3 Å². The molecule has 0 bridgehead atoms. The Morgan fingerprint density at radius 1 is 0.815 bits per heavy atom. The molecule has 0 amide bonds. The average Bonchev–Trinajstić information content (AvgIpc) is 2.55. The molecule has 0 N–H and O–H groups in total. The first-order valence-electron chi connectivity index (χ1n) is 10.8. The van der Waals surface area contributed by atoms with Gasteiger partial charge in [0.05, 0.1) is 0 Å². The van der Waals surface area contributed by atoms with Crippen LogP contribution in [0.1, 0.15) is 103 Å². The summed E-state index contributed by atoms with van der Waals surface area (Å²) in [5.74, 6) is 0. The molecule has 0 fully saturated rings. The molecule has 27 heavy (non-hydrogen) atoms. The molecule has 0 aromatic heterocycles. The lowest BCUT2D eigenvalue weighted by atomic mass is 9.89. The summed E-state index contributed by atoms with van der Waals surface area (Å²) >= 11 is 0. The number of hydrogen-bond donors (Lipinski definition) is 0. The highest BCUT2D eigenvalue weighted by atomic mass is 16.5. The van der Waals surface area contributed by atoms with Crippen LogP contribution in [0, 0.1) is 12.3 Å². The van der Waals surface area contributed by atoms with E-state index >= 15 is 0 Å². The largest absolute Gasteiger partial charge is 0.462 e. The Balaban J connectivity index is 2.34. The molecular formula is C25H42O2. The van der Waals surface area contributed by atoms with Crippen LogP contribution in [0.4, 0.5) is 0 Å². The molecule has 0 saturated carbocycles. The number of carbonyl (C=O) groups excluding carboxylic acids is 1. The Bertz CT molecular complexity index is 552. The molecule has 1 aromatic carbocycles. The summed E-state index contributed by atoms with van der Waals surface area (Å²) in [7, 11) is 0. The van der Waals surface area contributed by atoms with Crippen molar-refractivity contribution in [2.24, 2.45) is 5.41 Å². The van der Waals surface area contributed by atoms with Crippen molar-refractivity contribution < 1.29 is 9.53 Å². The fraction of sp³-hybridized carbons (Fsp3) is 0.720. The van der Waals surface area contributed by atoms with Gasteiger partial charge in [0, 0.05) is 0 Å². The Labute approximate surface area is 168 Å². The molecule has 0 aliphatic heterocycles. The van der Waals surface area contributed by atoms with Crippen molar-refractivity contribution in [1.29, 1.82) is 0 Å². The minimum atomic E-state index is -0.329. The van der Waals surface area contributed by atoms with Gasteiger partial charge in [-0.25, -0.2) is 0 Å². The summed E-state index contributed by atoms with van der Waals surface area (Å²) < 4.78 is 5.12. The normalized spacial score (nSPS) is 12.2. The van der Waals surface area contributed by atoms with Crippen molar-refractivity contribution in [3.05, 3.63) is 34.9 Å². The van der Waals surface area contributed by atoms with Crippen LogP contribution in [0.3, 0.4) is 0 Å². The van der Waals surface area contributed by atoms with E-state index in [0.29, 0.717) is 11.9 Å². The van der Waals surface area contributed by atoms with Crippen LogP contribution in [0.2, 0.25) is 0 Å². The van der Waals surface area contributed by atoms with Crippen molar-refractivity contribution in [2.75, 3.05) is 0 Å². The van der Waals surface area contributed by atoms with Gasteiger partial charge in [0.15, 0.2) is 0 Å². The first-order chi connectivity index (χ1) is 12.6. The van der Waals surface area contributed by atoms with Crippen LogP contribution in [0.15, 0.2) is 18.2 Å². The number of carbonyl (C=O) groups is 1. The van der Waals surface area contributed by atoms with Gasteiger partial charge in [-0.15, -0.1) is 0 Å². The van der Waals surface area contributed by atoms with Gasteiger partial charge in [-0.1, -0.05) is 58.2 Å². The SMILES string of the molecule is Cc1c(CCCCCC(C)(C)C)cccc1CCCCCC(C)(C)OC=O. The van der Waals surface area contributed by atoms with Crippen molar-refractivity contribution in [3.63, 3.8) is 0 Å². The highest BCUT2D eigenvalue weighted by molar-refractivity contribution is 5.38. The van der Waals surface area contributed by atoms with Gasteiger partial charge in [0.2, 0.25) is 0 Å². The molecule has 0 aliphatic rings. The van der Waals surface area contributed by atoms with Crippen LogP contribution in [0.5, 0.6) is 0 Å². The van der Waals surface area contributed by atoms with E-state index in [1.807, 2.05) is 13.8 Å². The van der Waals surface area contributed by atoms with E-state index in [1.165, 1.54) is 61.6 Å². The second kappa shape index (κ2) is 11.5. The van der Waals surface area contributed by atoms with E-state index in [9.17, 15) is 4.79 Å². The van der Waals surface area contributed by atoms with Gasteiger partial charge in [-0.3, -0.25) is 4.79 Å². The van der Waals surface area contributed by atoms with E-state index in [1.54, 1.807) is 0 Å². The number of rotatable bonds is 13. The van der Waals surface area contributed by atoms with Crippen LogP contribution in [-0.4, -0.2) is 12.1 Å². The summed E-state index contributed by atoms with van der Waals surface area (Å²) in [4.78, 5) is 10.5. The highest BCUT2D eigenvalue weighted by Crippen LogP contribution is 2.24. The minimum absolute atomic E-state index is 0.329. The van der Waals surface area contributed by atoms with Crippen molar-refractivity contribution in [3.8, 4) is 0 Å². The van der Waals surface area contributed by atoms with E-state index in [4.69, 9.17) is 4.74 Å². The minimum Gasteiger partial charge on any atom is -0.462 e. The molecule has 154 valence electrons. The summed E-state index contributed by atoms with van der Waals surface area (Å²) in [6.07, 6.45) is 12.1. The smallest absolute Gasteiger partial charge is 0.293 e. The molecule has 2 nitrogen and oxygen atoms in total. The number of aryl methyl sites for hydroxylation is 2. The molecule has 0 unspecified atom stereocenters. The summed E-state index contributed by atoms with van der Waals surface area (Å²) in [5, 5.41) is 0. The topological polar surface area (TPSA) is 26.3 Å². The maximum absolute atomic E-state index is 10.5. The molecule has 0 radical (unpaired) electrons. The van der Waals surface area contributed by atoms with Gasteiger partial charge in [0.1, 0.15) is 5.60 Å². The molecule has 0 heterocycles. The predicted octanol–water partition coefficient (Wildman–Crippen LogP) is 7.20. The number of benzene rings is 1. The highest BCUT2D eigenvalue weighted by Gasteiger charge is 2.17. The second-order valence-electron chi connectivity index (χ2n) is 9.86. The quantitative estimate of drug-likeness (QED) is 0.269. The Morgan fingerprint density at radius 3 is 1.81 bits per heavy atom. The Hall–Kier alpha value is -1.31. The van der Waals surface area contributed by atoms with Gasteiger partial charge < -0.3 is 4.74 Å². The van der Waals surface area contributed by atoms with Crippen LogP contribution in [-0.2, 0) is 22.4 Å². The van der Waals surface area contributed by atoms with Crippen molar-refractivity contribution >= 4 is 6.47 Å². The fourth-order valence-electron chi connectivity index (χ4n) is 3.66. The second-order valence-corrected chi connectivity index (χ2v) is 9.86. The molecule has 0 aliphatic carbocycles. The summed E-state index contributed by atoms with van der Waals surface area (Å²) in [6, 6.07) is 6.83. The molecule has 1 aromatic rings. The van der Waals surface area contributed by atoms with Crippen molar-refractivity contribution in [1.82, 2.24) is 0 Å². The molecule has 0 atom stereocenters. The van der Waals surface area contributed by atoms with Gasteiger partial charge in [0.25, 0.3) is 6.47 Å². The van der Waals surface area contributed by atoms with Crippen LogP contribution in [0.25, 0.3) is 0 Å². The number of ether oxygens (including phenoxy) is 1. The molecular weight excluding hydrogens is 332 g/mol. The van der Waals surface area contributed by atoms with Gasteiger partial charge >= 0.3 is 0 Å². The first-order valence-corrected chi connectivity index (χ1v) is 10.8. The number of hydrogen-bond acceptors (Lipinski definition) is 2. The first kappa shape index (κ1) is 23.7. The lowest BCUT2D eigenvalue weighted by molar-refractivity contribution is -0.140. The summed E-state index contributed by atoms with van der Waals surface area (Å²) in [5.41, 5.74) is 4.67. The molecule has 0 spiro atoms. The lowest BCUT2D eigenvalue weighted by Crippen LogP contribution is -2.23. The van der Waals surface area contributed by atoms with Crippen LogP contribution >= 0.6 is 0 Å². The average molecular weight is 375 g/mol. The number of unbranched alkanes of at least 4 members (excludes halogenated alkanes) is 4. The zero-order valence-electron chi connectivity index (χ0n) is 18.7. The summed E-state index contributed by atoms with van der Waals surface area (Å²) in [6.45, 7) is 13.8. The molecule has 2 heteroatoms. The van der Waals surface area contributed by atoms with E-state index < -0.39 is 0 Å². The lowest BCUT2D eigenvalue weighted by Gasteiger charge is -2.22. The third kappa shape index (κ3) is 10.6.